The second-order valence-electron chi connectivity index (χ2n) is 9.61. The maximum atomic E-state index is 13.2. The first-order valence-electron chi connectivity index (χ1n) is 13.0. The number of anilines is 2. The highest BCUT2D eigenvalue weighted by Gasteiger charge is 2.33. The monoisotopic (exact) mass is 580 g/mol. The second kappa shape index (κ2) is 12.4. The summed E-state index contributed by atoms with van der Waals surface area (Å²) >= 11 is 6.77. The van der Waals surface area contributed by atoms with Crippen molar-refractivity contribution in [3.05, 3.63) is 118 Å². The molecular formula is C33H28N2O4S2. The Labute approximate surface area is 249 Å². The molecule has 4 aromatic rings. The molecule has 0 unspecified atom stereocenters. The van der Waals surface area contributed by atoms with Crippen LogP contribution in [-0.2, 0) is 9.59 Å². The van der Waals surface area contributed by atoms with Gasteiger partial charge in [-0.1, -0.05) is 72.0 Å². The molecule has 8 heteroatoms. The fourth-order valence-corrected chi connectivity index (χ4v) is 5.79. The number of para-hydroxylation sites is 1. The Bertz CT molecular complexity index is 1610. The van der Waals surface area contributed by atoms with Crippen molar-refractivity contribution in [2.75, 3.05) is 16.8 Å². The Balaban J connectivity index is 1.19. The van der Waals surface area contributed by atoms with Gasteiger partial charge in [0.2, 0.25) is 0 Å². The molecule has 0 radical (unpaired) electrons. The molecule has 1 N–H and O–H groups in total. The molecule has 41 heavy (non-hydrogen) atoms. The average molecular weight is 581 g/mol. The summed E-state index contributed by atoms with van der Waals surface area (Å²) in [5.41, 5.74) is 5.49. The van der Waals surface area contributed by atoms with E-state index in [0.717, 1.165) is 33.7 Å². The van der Waals surface area contributed by atoms with E-state index >= 15 is 0 Å². The van der Waals surface area contributed by atoms with Crippen molar-refractivity contribution in [1.29, 1.82) is 0 Å². The number of hydrogen-bond acceptors (Lipinski definition) is 6. The number of aryl methyl sites for hydroxylation is 3. The van der Waals surface area contributed by atoms with Crippen molar-refractivity contribution in [2.24, 2.45) is 0 Å². The molecule has 1 aliphatic heterocycles. The maximum Gasteiger partial charge on any atom is 0.270 e. The lowest BCUT2D eigenvalue weighted by Gasteiger charge is -2.15. The molecule has 1 saturated heterocycles. The zero-order valence-electron chi connectivity index (χ0n) is 22.8. The van der Waals surface area contributed by atoms with Gasteiger partial charge in [0.15, 0.2) is 10.9 Å². The standard InChI is InChI=1S/C33H28N2O4S2/c1-21-17-22(2)31(23(3)18-21)34-30(36)20-38-26-13-9-24(10-14-26)19-29-32(37)35(33(40)41-29)25-11-15-28(16-12-25)39-27-7-5-4-6-8-27/h4-19H,20H2,1-3H3,(H,34,36)/b29-19-. The van der Waals surface area contributed by atoms with Crippen molar-refractivity contribution in [2.45, 2.75) is 20.8 Å². The first-order valence-corrected chi connectivity index (χ1v) is 14.2. The van der Waals surface area contributed by atoms with E-state index in [1.165, 1.54) is 16.7 Å². The minimum absolute atomic E-state index is 0.111. The highest BCUT2D eigenvalue weighted by molar-refractivity contribution is 8.27. The van der Waals surface area contributed by atoms with Gasteiger partial charge in [-0.2, -0.15) is 0 Å². The number of amides is 2. The molecule has 1 heterocycles. The van der Waals surface area contributed by atoms with E-state index in [2.05, 4.69) is 5.32 Å². The number of carbonyl (C=O) groups is 2. The van der Waals surface area contributed by atoms with Crippen molar-refractivity contribution in [1.82, 2.24) is 0 Å². The number of thioether (sulfide) groups is 1. The number of benzene rings is 4. The third-order valence-electron chi connectivity index (χ3n) is 6.36. The lowest BCUT2D eigenvalue weighted by Crippen LogP contribution is -2.27. The van der Waals surface area contributed by atoms with Gasteiger partial charge in [-0.05, 0) is 92.1 Å². The summed E-state index contributed by atoms with van der Waals surface area (Å²) in [5.74, 6) is 1.55. The first kappa shape index (κ1) is 28.1. The summed E-state index contributed by atoms with van der Waals surface area (Å²) in [6, 6.07) is 28.0. The summed E-state index contributed by atoms with van der Waals surface area (Å²) in [7, 11) is 0. The van der Waals surface area contributed by atoms with E-state index in [9.17, 15) is 9.59 Å². The van der Waals surface area contributed by atoms with Gasteiger partial charge in [0.1, 0.15) is 17.2 Å². The molecule has 4 aromatic carbocycles. The van der Waals surface area contributed by atoms with Gasteiger partial charge >= 0.3 is 0 Å². The predicted molar refractivity (Wildman–Crippen MR) is 170 cm³/mol. The van der Waals surface area contributed by atoms with Gasteiger partial charge in [0, 0.05) is 5.69 Å². The average Bonchev–Trinajstić information content (AvgIpc) is 3.23. The number of rotatable bonds is 8. The van der Waals surface area contributed by atoms with Crippen LogP contribution in [0.2, 0.25) is 0 Å². The van der Waals surface area contributed by atoms with Crippen molar-refractivity contribution in [3.8, 4) is 17.2 Å². The molecule has 0 atom stereocenters. The van der Waals surface area contributed by atoms with Gasteiger partial charge in [-0.3, -0.25) is 14.5 Å². The lowest BCUT2D eigenvalue weighted by atomic mass is 10.1. The van der Waals surface area contributed by atoms with Gasteiger partial charge in [-0.15, -0.1) is 0 Å². The third kappa shape index (κ3) is 6.85. The normalized spacial score (nSPS) is 13.9. The molecule has 0 aromatic heterocycles. The van der Waals surface area contributed by atoms with Crippen molar-refractivity contribution in [3.63, 3.8) is 0 Å². The minimum Gasteiger partial charge on any atom is -0.484 e. The molecule has 206 valence electrons. The Morgan fingerprint density at radius 3 is 2.15 bits per heavy atom. The SMILES string of the molecule is Cc1cc(C)c(NC(=O)COc2ccc(/C=C3\SC(=S)N(c4ccc(Oc5ccccc5)cc4)C3=O)cc2)c(C)c1. The van der Waals surface area contributed by atoms with Crippen LogP contribution in [0.3, 0.4) is 0 Å². The number of nitrogens with zero attached hydrogens (tertiary/aromatic N) is 1. The lowest BCUT2D eigenvalue weighted by molar-refractivity contribution is -0.118. The molecule has 0 aliphatic carbocycles. The number of ether oxygens (including phenoxy) is 2. The van der Waals surface area contributed by atoms with E-state index in [1.807, 2.05) is 99.6 Å². The van der Waals surface area contributed by atoms with Gasteiger partial charge in [0.05, 0.1) is 10.6 Å². The molecule has 0 spiro atoms. The largest absolute Gasteiger partial charge is 0.484 e. The summed E-state index contributed by atoms with van der Waals surface area (Å²) in [4.78, 5) is 27.7. The van der Waals surface area contributed by atoms with Crippen LogP contribution in [-0.4, -0.2) is 22.7 Å². The van der Waals surface area contributed by atoms with Crippen LogP contribution in [0.15, 0.2) is 95.9 Å². The number of hydrogen-bond donors (Lipinski definition) is 1. The Hall–Kier alpha value is -4.40. The van der Waals surface area contributed by atoms with E-state index in [0.29, 0.717) is 26.4 Å². The zero-order chi connectivity index (χ0) is 28.9. The molecule has 0 bridgehead atoms. The molecule has 1 fully saturated rings. The topological polar surface area (TPSA) is 67.9 Å². The predicted octanol–water partition coefficient (Wildman–Crippen LogP) is 7.83. The maximum absolute atomic E-state index is 13.2. The van der Waals surface area contributed by atoms with Crippen LogP contribution in [0.1, 0.15) is 22.3 Å². The van der Waals surface area contributed by atoms with Crippen LogP contribution in [0, 0.1) is 20.8 Å². The minimum atomic E-state index is -0.229. The number of carbonyl (C=O) groups excluding carboxylic acids is 2. The number of nitrogens with one attached hydrogen (secondary N) is 1. The Morgan fingerprint density at radius 1 is 0.878 bits per heavy atom. The van der Waals surface area contributed by atoms with E-state index in [1.54, 1.807) is 18.2 Å². The molecule has 0 saturated carbocycles. The van der Waals surface area contributed by atoms with E-state index < -0.39 is 0 Å². The van der Waals surface area contributed by atoms with E-state index in [4.69, 9.17) is 21.7 Å². The molecule has 5 rings (SSSR count). The molecule has 2 amide bonds. The van der Waals surface area contributed by atoms with Gasteiger partial charge in [0.25, 0.3) is 11.8 Å². The summed E-state index contributed by atoms with van der Waals surface area (Å²) in [5, 5.41) is 2.94. The quantitative estimate of drug-likeness (QED) is 0.169. The van der Waals surface area contributed by atoms with Crippen LogP contribution in [0.4, 0.5) is 11.4 Å². The summed E-state index contributed by atoms with van der Waals surface area (Å²) < 4.78 is 12.0. The van der Waals surface area contributed by atoms with Crippen LogP contribution >= 0.6 is 24.0 Å². The van der Waals surface area contributed by atoms with Crippen molar-refractivity contribution < 1.29 is 19.1 Å². The van der Waals surface area contributed by atoms with Crippen LogP contribution in [0.25, 0.3) is 6.08 Å². The van der Waals surface area contributed by atoms with Gasteiger partial charge in [-0.25, -0.2) is 0 Å². The van der Waals surface area contributed by atoms with Crippen molar-refractivity contribution >= 4 is 57.6 Å². The summed E-state index contributed by atoms with van der Waals surface area (Å²) in [6.07, 6.45) is 1.80. The zero-order valence-corrected chi connectivity index (χ0v) is 24.5. The third-order valence-corrected chi connectivity index (χ3v) is 7.66. The van der Waals surface area contributed by atoms with Crippen LogP contribution < -0.4 is 19.7 Å². The molecular weight excluding hydrogens is 553 g/mol. The Kier molecular flexibility index (Phi) is 8.52. The first-order chi connectivity index (χ1) is 19.8. The fourth-order valence-electron chi connectivity index (χ4n) is 4.49. The summed E-state index contributed by atoms with van der Waals surface area (Å²) in [6.45, 7) is 5.86. The second-order valence-corrected chi connectivity index (χ2v) is 11.3. The fraction of sp³-hybridized carbons (Fsp3) is 0.121. The highest BCUT2D eigenvalue weighted by atomic mass is 32.2. The Morgan fingerprint density at radius 2 is 1.49 bits per heavy atom. The number of thiocarbonyl (C=S) groups is 1. The highest BCUT2D eigenvalue weighted by Crippen LogP contribution is 2.37. The molecule has 1 aliphatic rings. The smallest absolute Gasteiger partial charge is 0.270 e. The van der Waals surface area contributed by atoms with Gasteiger partial charge < -0.3 is 14.8 Å². The van der Waals surface area contributed by atoms with E-state index in [-0.39, 0.29) is 18.4 Å². The molecule has 6 nitrogen and oxygen atoms in total. The van der Waals surface area contributed by atoms with Crippen LogP contribution in [0.5, 0.6) is 17.2 Å².